The predicted octanol–water partition coefficient (Wildman–Crippen LogP) is 3.81. The molecule has 1 aliphatic rings. The van der Waals surface area contributed by atoms with Gasteiger partial charge in [0.1, 0.15) is 0 Å². The molecule has 0 aromatic heterocycles. The first-order valence-corrected chi connectivity index (χ1v) is 8.85. The topological polar surface area (TPSA) is 46.6 Å². The van der Waals surface area contributed by atoms with Crippen LogP contribution in [0.5, 0.6) is 0 Å². The quantitative estimate of drug-likeness (QED) is 0.613. The van der Waals surface area contributed by atoms with Crippen LogP contribution in [-0.4, -0.2) is 31.3 Å². The number of halogens is 1. The normalized spacial score (nSPS) is 12.8. The first-order chi connectivity index (χ1) is 11.6. The third-order valence-corrected chi connectivity index (χ3v) is 5.38. The molecule has 6 heteroatoms. The summed E-state index contributed by atoms with van der Waals surface area (Å²) in [6, 6.07) is 12.8. The Morgan fingerprint density at radius 1 is 1.25 bits per heavy atom. The van der Waals surface area contributed by atoms with Gasteiger partial charge in [0.25, 0.3) is 0 Å². The lowest BCUT2D eigenvalue weighted by molar-refractivity contribution is -0.116. The fourth-order valence-electron chi connectivity index (χ4n) is 2.68. The van der Waals surface area contributed by atoms with E-state index in [9.17, 15) is 9.59 Å². The molecule has 0 unspecified atom stereocenters. The first-order valence-electron chi connectivity index (χ1n) is 7.49. The van der Waals surface area contributed by atoms with E-state index in [4.69, 9.17) is 16.3 Å². The lowest BCUT2D eigenvalue weighted by Crippen LogP contribution is -2.30. The number of amides is 1. The Labute approximate surface area is 149 Å². The van der Waals surface area contributed by atoms with E-state index in [2.05, 4.69) is 0 Å². The number of carbonyl (C=O) groups excluding carboxylic acids is 2. The van der Waals surface area contributed by atoms with Crippen LogP contribution in [-0.2, 0) is 16.0 Å². The van der Waals surface area contributed by atoms with Gasteiger partial charge in [-0.25, -0.2) is 4.79 Å². The van der Waals surface area contributed by atoms with Crippen LogP contribution in [0.3, 0.4) is 0 Å². The molecule has 4 nitrogen and oxygen atoms in total. The number of rotatable bonds is 4. The van der Waals surface area contributed by atoms with Gasteiger partial charge in [-0.1, -0.05) is 23.7 Å². The van der Waals surface area contributed by atoms with Gasteiger partial charge in [0.15, 0.2) is 0 Å². The molecule has 0 atom stereocenters. The van der Waals surface area contributed by atoms with Gasteiger partial charge < -0.3 is 9.64 Å². The molecule has 1 aliphatic heterocycles. The molecule has 1 heterocycles. The maximum absolute atomic E-state index is 12.5. The standard InChI is InChI=1S/C18H16ClNO3S/c1-23-18(22)13-6-7-15-12(10-13)8-9-20(15)17(21)11-24-16-5-3-2-4-14(16)19/h2-7,10H,8-9,11H2,1H3. The largest absolute Gasteiger partial charge is 0.465 e. The summed E-state index contributed by atoms with van der Waals surface area (Å²) >= 11 is 7.55. The van der Waals surface area contributed by atoms with Crippen molar-refractivity contribution in [1.82, 2.24) is 0 Å². The van der Waals surface area contributed by atoms with Crippen molar-refractivity contribution in [2.45, 2.75) is 11.3 Å². The Balaban J connectivity index is 1.70. The van der Waals surface area contributed by atoms with E-state index in [0.717, 1.165) is 22.6 Å². The number of esters is 1. The second-order valence-electron chi connectivity index (χ2n) is 5.35. The van der Waals surface area contributed by atoms with E-state index in [0.29, 0.717) is 22.9 Å². The molecule has 0 spiro atoms. The minimum absolute atomic E-state index is 0.0319. The number of hydrogen-bond donors (Lipinski definition) is 0. The van der Waals surface area contributed by atoms with Crippen LogP contribution in [0.1, 0.15) is 15.9 Å². The van der Waals surface area contributed by atoms with Crippen molar-refractivity contribution in [2.24, 2.45) is 0 Å². The molecule has 2 aromatic carbocycles. The summed E-state index contributed by atoms with van der Waals surface area (Å²) in [5.74, 6) is -0.0107. The number of benzene rings is 2. The van der Waals surface area contributed by atoms with Crippen LogP contribution in [0, 0.1) is 0 Å². The second kappa shape index (κ2) is 7.28. The van der Waals surface area contributed by atoms with Gasteiger partial charge in [-0.05, 0) is 42.3 Å². The average Bonchev–Trinajstić information content (AvgIpc) is 3.03. The summed E-state index contributed by atoms with van der Waals surface area (Å²) in [4.78, 5) is 26.8. The zero-order valence-electron chi connectivity index (χ0n) is 13.1. The highest BCUT2D eigenvalue weighted by Gasteiger charge is 2.25. The van der Waals surface area contributed by atoms with Gasteiger partial charge in [0.05, 0.1) is 23.4 Å². The summed E-state index contributed by atoms with van der Waals surface area (Å²) in [6.07, 6.45) is 0.739. The van der Waals surface area contributed by atoms with Crippen molar-refractivity contribution >= 4 is 40.9 Å². The van der Waals surface area contributed by atoms with E-state index in [1.807, 2.05) is 30.3 Å². The lowest BCUT2D eigenvalue weighted by atomic mass is 10.1. The highest BCUT2D eigenvalue weighted by Crippen LogP contribution is 2.31. The molecule has 24 heavy (non-hydrogen) atoms. The summed E-state index contributed by atoms with van der Waals surface area (Å²) < 4.78 is 4.73. The Hall–Kier alpha value is -1.98. The highest BCUT2D eigenvalue weighted by molar-refractivity contribution is 8.00. The summed E-state index contributed by atoms with van der Waals surface area (Å²) in [7, 11) is 1.36. The molecular formula is C18H16ClNO3S. The van der Waals surface area contributed by atoms with E-state index in [1.165, 1.54) is 18.9 Å². The number of methoxy groups -OCH3 is 1. The number of ether oxygens (including phenoxy) is 1. The summed E-state index contributed by atoms with van der Waals surface area (Å²) in [5.41, 5.74) is 2.37. The van der Waals surface area contributed by atoms with Gasteiger partial charge in [-0.2, -0.15) is 0 Å². The molecule has 0 saturated carbocycles. The van der Waals surface area contributed by atoms with Gasteiger partial charge in [0.2, 0.25) is 5.91 Å². The van der Waals surface area contributed by atoms with Gasteiger partial charge in [-0.15, -0.1) is 11.8 Å². The van der Waals surface area contributed by atoms with Crippen LogP contribution < -0.4 is 4.90 Å². The van der Waals surface area contributed by atoms with Gasteiger partial charge in [-0.3, -0.25) is 4.79 Å². The molecule has 0 saturated heterocycles. The fourth-order valence-corrected chi connectivity index (χ4v) is 3.80. The Kier molecular flexibility index (Phi) is 5.11. The molecule has 0 radical (unpaired) electrons. The van der Waals surface area contributed by atoms with E-state index < -0.39 is 0 Å². The van der Waals surface area contributed by atoms with Crippen LogP contribution in [0.2, 0.25) is 5.02 Å². The molecule has 0 bridgehead atoms. The highest BCUT2D eigenvalue weighted by atomic mass is 35.5. The SMILES string of the molecule is COC(=O)c1ccc2c(c1)CCN2C(=O)CSc1ccccc1Cl. The fraction of sp³-hybridized carbons (Fsp3) is 0.222. The molecule has 0 N–H and O–H groups in total. The van der Waals surface area contributed by atoms with Crippen LogP contribution in [0.15, 0.2) is 47.4 Å². The Bertz CT molecular complexity index is 794. The molecular weight excluding hydrogens is 346 g/mol. The molecule has 1 amide bonds. The van der Waals surface area contributed by atoms with Crippen molar-refractivity contribution in [3.63, 3.8) is 0 Å². The Morgan fingerprint density at radius 2 is 2.04 bits per heavy atom. The van der Waals surface area contributed by atoms with Gasteiger partial charge >= 0.3 is 5.97 Å². The molecule has 2 aromatic rings. The maximum atomic E-state index is 12.5. The van der Waals surface area contributed by atoms with Gasteiger partial charge in [0, 0.05) is 17.1 Å². The van der Waals surface area contributed by atoms with Crippen molar-refractivity contribution in [2.75, 3.05) is 24.3 Å². The molecule has 0 fully saturated rings. The van der Waals surface area contributed by atoms with Crippen LogP contribution in [0.4, 0.5) is 5.69 Å². The monoisotopic (exact) mass is 361 g/mol. The molecule has 124 valence electrons. The number of nitrogens with zero attached hydrogens (tertiary/aromatic N) is 1. The van der Waals surface area contributed by atoms with Crippen LogP contribution >= 0.6 is 23.4 Å². The number of hydrogen-bond acceptors (Lipinski definition) is 4. The first kappa shape index (κ1) is 16.9. The van der Waals surface area contributed by atoms with Crippen molar-refractivity contribution in [3.05, 3.63) is 58.6 Å². The zero-order valence-corrected chi connectivity index (χ0v) is 14.7. The number of thioether (sulfide) groups is 1. The van der Waals surface area contributed by atoms with E-state index >= 15 is 0 Å². The second-order valence-corrected chi connectivity index (χ2v) is 6.77. The number of fused-ring (bicyclic) bond motifs is 1. The third kappa shape index (κ3) is 3.42. The Morgan fingerprint density at radius 3 is 2.79 bits per heavy atom. The van der Waals surface area contributed by atoms with E-state index in [1.54, 1.807) is 17.0 Å². The van der Waals surface area contributed by atoms with Crippen molar-refractivity contribution < 1.29 is 14.3 Å². The van der Waals surface area contributed by atoms with Crippen molar-refractivity contribution in [3.8, 4) is 0 Å². The smallest absolute Gasteiger partial charge is 0.337 e. The average molecular weight is 362 g/mol. The predicted molar refractivity (Wildman–Crippen MR) is 96.0 cm³/mol. The third-order valence-electron chi connectivity index (χ3n) is 3.88. The minimum Gasteiger partial charge on any atom is -0.465 e. The zero-order chi connectivity index (χ0) is 17.1. The summed E-state index contributed by atoms with van der Waals surface area (Å²) in [6.45, 7) is 0.627. The number of carbonyl (C=O) groups is 2. The minimum atomic E-state index is -0.364. The lowest BCUT2D eigenvalue weighted by Gasteiger charge is -2.17. The van der Waals surface area contributed by atoms with Crippen LogP contribution in [0.25, 0.3) is 0 Å². The maximum Gasteiger partial charge on any atom is 0.337 e. The van der Waals surface area contributed by atoms with Crippen molar-refractivity contribution in [1.29, 1.82) is 0 Å². The molecule has 0 aliphatic carbocycles. The summed E-state index contributed by atoms with van der Waals surface area (Å²) in [5, 5.41) is 0.653. The van der Waals surface area contributed by atoms with E-state index in [-0.39, 0.29) is 11.9 Å². The number of anilines is 1. The molecule has 3 rings (SSSR count).